The number of ether oxygens (including phenoxy) is 1. The molecule has 0 radical (unpaired) electrons. The van der Waals surface area contributed by atoms with Gasteiger partial charge in [0, 0.05) is 20.1 Å². The van der Waals surface area contributed by atoms with Crippen LogP contribution in [0.3, 0.4) is 0 Å². The van der Waals surface area contributed by atoms with Gasteiger partial charge < -0.3 is 15.4 Å². The average molecular weight is 268 g/mol. The monoisotopic (exact) mass is 268 g/mol. The van der Waals surface area contributed by atoms with Gasteiger partial charge >= 0.3 is 0 Å². The molecule has 0 aliphatic heterocycles. The molecule has 0 aromatic heterocycles. The Morgan fingerprint density at radius 3 is 2.68 bits per heavy atom. The molecule has 1 amide bonds. The summed E-state index contributed by atoms with van der Waals surface area (Å²) in [5, 5.41) is 0. The molecule has 1 rings (SSSR count). The summed E-state index contributed by atoms with van der Waals surface area (Å²) >= 11 is 0. The van der Waals surface area contributed by atoms with Crippen LogP contribution in [0.15, 0.2) is 18.2 Å². The van der Waals surface area contributed by atoms with Crippen molar-refractivity contribution in [3.05, 3.63) is 29.6 Å². The second-order valence-corrected chi connectivity index (χ2v) is 4.83. The van der Waals surface area contributed by atoms with Crippen molar-refractivity contribution in [2.75, 3.05) is 20.7 Å². The van der Waals surface area contributed by atoms with Gasteiger partial charge in [0.1, 0.15) is 0 Å². The number of rotatable bonds is 6. The van der Waals surface area contributed by atoms with Gasteiger partial charge in [0.05, 0.1) is 13.0 Å². The number of hydrogen-bond acceptors (Lipinski definition) is 3. The van der Waals surface area contributed by atoms with Gasteiger partial charge in [0.2, 0.25) is 5.91 Å². The summed E-state index contributed by atoms with van der Waals surface area (Å²) in [6.45, 7) is 2.04. The van der Waals surface area contributed by atoms with E-state index in [4.69, 9.17) is 10.5 Å². The zero-order valence-electron chi connectivity index (χ0n) is 11.6. The van der Waals surface area contributed by atoms with Gasteiger partial charge in [-0.15, -0.1) is 0 Å². The molecule has 4 nitrogen and oxygen atoms in total. The maximum atomic E-state index is 13.7. The van der Waals surface area contributed by atoms with Crippen LogP contribution in [0, 0.1) is 5.82 Å². The average Bonchev–Trinajstić information content (AvgIpc) is 2.30. The summed E-state index contributed by atoms with van der Waals surface area (Å²) in [5.74, 6) is -0.301. The molecule has 0 saturated heterocycles. The zero-order chi connectivity index (χ0) is 14.4. The maximum Gasteiger partial charge on any atom is 0.225 e. The first-order valence-corrected chi connectivity index (χ1v) is 6.27. The lowest BCUT2D eigenvalue weighted by Crippen LogP contribution is -2.23. The Morgan fingerprint density at radius 1 is 1.47 bits per heavy atom. The van der Waals surface area contributed by atoms with Crippen molar-refractivity contribution in [2.45, 2.75) is 25.8 Å². The van der Waals surface area contributed by atoms with Gasteiger partial charge in [-0.2, -0.15) is 0 Å². The first kappa shape index (κ1) is 15.4. The van der Waals surface area contributed by atoms with Crippen molar-refractivity contribution in [2.24, 2.45) is 5.73 Å². The molecule has 0 saturated carbocycles. The minimum absolute atomic E-state index is 0.0103. The van der Waals surface area contributed by atoms with Crippen molar-refractivity contribution in [3.63, 3.8) is 0 Å². The Hall–Kier alpha value is -1.62. The van der Waals surface area contributed by atoms with E-state index in [1.54, 1.807) is 26.2 Å². The fraction of sp³-hybridized carbons (Fsp3) is 0.500. The minimum atomic E-state index is -0.421. The van der Waals surface area contributed by atoms with Gasteiger partial charge in [-0.25, -0.2) is 4.39 Å². The highest BCUT2D eigenvalue weighted by atomic mass is 19.1. The third-order valence-corrected chi connectivity index (χ3v) is 2.63. The summed E-state index contributed by atoms with van der Waals surface area (Å²) in [7, 11) is 3.34. The molecule has 0 fully saturated rings. The predicted molar refractivity (Wildman–Crippen MR) is 72.6 cm³/mol. The highest BCUT2D eigenvalue weighted by Crippen LogP contribution is 2.19. The van der Waals surface area contributed by atoms with E-state index < -0.39 is 5.82 Å². The van der Waals surface area contributed by atoms with E-state index >= 15 is 0 Å². The van der Waals surface area contributed by atoms with Gasteiger partial charge in [0.15, 0.2) is 11.6 Å². The number of amides is 1. The Kier molecular flexibility index (Phi) is 5.76. The summed E-state index contributed by atoms with van der Waals surface area (Å²) in [6.07, 6.45) is 0.852. The summed E-state index contributed by atoms with van der Waals surface area (Å²) in [6, 6.07) is 4.78. The Morgan fingerprint density at radius 2 is 2.16 bits per heavy atom. The molecule has 1 atom stereocenters. The number of nitrogens with two attached hydrogens (primary N) is 1. The summed E-state index contributed by atoms with van der Waals surface area (Å²) < 4.78 is 19.0. The third kappa shape index (κ3) is 5.26. The van der Waals surface area contributed by atoms with Crippen LogP contribution in [0.5, 0.6) is 5.75 Å². The largest absolute Gasteiger partial charge is 0.490 e. The highest BCUT2D eigenvalue weighted by Gasteiger charge is 2.08. The molecular weight excluding hydrogens is 247 g/mol. The van der Waals surface area contributed by atoms with Crippen molar-refractivity contribution in [3.8, 4) is 5.75 Å². The zero-order valence-corrected chi connectivity index (χ0v) is 11.6. The lowest BCUT2D eigenvalue weighted by molar-refractivity contribution is -0.129. The molecule has 0 spiro atoms. The topological polar surface area (TPSA) is 55.6 Å². The van der Waals surface area contributed by atoms with Gasteiger partial charge in [-0.3, -0.25) is 4.79 Å². The van der Waals surface area contributed by atoms with Crippen molar-refractivity contribution < 1.29 is 13.9 Å². The van der Waals surface area contributed by atoms with Crippen molar-refractivity contribution in [1.82, 2.24) is 4.90 Å². The lowest BCUT2D eigenvalue weighted by atomic mass is 10.1. The SMILES string of the molecule is CC(N)Cc1ccc(OCCC(=O)N(C)C)c(F)c1. The predicted octanol–water partition coefficient (Wildman–Crippen LogP) is 1.57. The van der Waals surface area contributed by atoms with E-state index in [0.29, 0.717) is 6.42 Å². The quantitative estimate of drug-likeness (QED) is 0.852. The number of carbonyl (C=O) groups excluding carboxylic acids is 1. The van der Waals surface area contributed by atoms with Crippen LogP contribution < -0.4 is 10.5 Å². The molecule has 1 unspecified atom stereocenters. The van der Waals surface area contributed by atoms with Crippen LogP contribution in [-0.4, -0.2) is 37.6 Å². The minimum Gasteiger partial charge on any atom is -0.490 e. The van der Waals surface area contributed by atoms with Gasteiger partial charge in [-0.1, -0.05) is 6.07 Å². The molecule has 2 N–H and O–H groups in total. The van der Waals surface area contributed by atoms with Crippen LogP contribution in [0.25, 0.3) is 0 Å². The van der Waals surface area contributed by atoms with E-state index in [0.717, 1.165) is 5.56 Å². The van der Waals surface area contributed by atoms with Crippen LogP contribution in [0.1, 0.15) is 18.9 Å². The van der Waals surface area contributed by atoms with E-state index in [1.807, 2.05) is 6.92 Å². The van der Waals surface area contributed by atoms with Crippen LogP contribution in [-0.2, 0) is 11.2 Å². The van der Waals surface area contributed by atoms with Gasteiger partial charge in [0.25, 0.3) is 0 Å². The standard InChI is InChI=1S/C14H21FN2O2/c1-10(16)8-11-4-5-13(12(15)9-11)19-7-6-14(18)17(2)3/h4-5,9-10H,6-8,16H2,1-3H3. The van der Waals surface area contributed by atoms with Crippen LogP contribution in [0.4, 0.5) is 4.39 Å². The normalized spacial score (nSPS) is 12.1. The first-order valence-electron chi connectivity index (χ1n) is 6.27. The van der Waals surface area contributed by atoms with E-state index in [1.165, 1.54) is 11.0 Å². The van der Waals surface area contributed by atoms with E-state index in [9.17, 15) is 9.18 Å². The third-order valence-electron chi connectivity index (χ3n) is 2.63. The fourth-order valence-corrected chi connectivity index (χ4v) is 1.63. The molecule has 0 aliphatic carbocycles. The number of carbonyl (C=O) groups is 1. The van der Waals surface area contributed by atoms with Crippen molar-refractivity contribution in [1.29, 1.82) is 0 Å². The van der Waals surface area contributed by atoms with Crippen molar-refractivity contribution >= 4 is 5.91 Å². The Balaban J connectivity index is 2.53. The number of nitrogens with zero attached hydrogens (tertiary/aromatic N) is 1. The summed E-state index contributed by atoms with van der Waals surface area (Å²) in [5.41, 5.74) is 6.50. The molecule has 19 heavy (non-hydrogen) atoms. The highest BCUT2D eigenvalue weighted by molar-refractivity contribution is 5.75. The maximum absolute atomic E-state index is 13.7. The molecule has 0 heterocycles. The Labute approximate surface area is 113 Å². The molecule has 0 bridgehead atoms. The summed E-state index contributed by atoms with van der Waals surface area (Å²) in [4.78, 5) is 12.8. The number of benzene rings is 1. The smallest absolute Gasteiger partial charge is 0.225 e. The lowest BCUT2D eigenvalue weighted by Gasteiger charge is -2.12. The first-order chi connectivity index (χ1) is 8.90. The molecular formula is C14H21FN2O2. The molecule has 1 aromatic rings. The molecule has 5 heteroatoms. The van der Waals surface area contributed by atoms with Crippen LogP contribution >= 0.6 is 0 Å². The second-order valence-electron chi connectivity index (χ2n) is 4.83. The Bertz CT molecular complexity index is 433. The fourth-order valence-electron chi connectivity index (χ4n) is 1.63. The number of halogens is 1. The second kappa shape index (κ2) is 7.09. The van der Waals surface area contributed by atoms with Gasteiger partial charge in [-0.05, 0) is 31.0 Å². The molecule has 106 valence electrons. The molecule has 1 aromatic carbocycles. The molecule has 0 aliphatic rings. The van der Waals surface area contributed by atoms with E-state index in [-0.39, 0.29) is 30.7 Å². The van der Waals surface area contributed by atoms with E-state index in [2.05, 4.69) is 0 Å². The van der Waals surface area contributed by atoms with Crippen LogP contribution in [0.2, 0.25) is 0 Å². The number of hydrogen-bond donors (Lipinski definition) is 1.